The number of carboxylic acids is 1. The van der Waals surface area contributed by atoms with E-state index < -0.39 is 42.6 Å². The van der Waals surface area contributed by atoms with Gasteiger partial charge in [-0.15, -0.1) is 10.2 Å². The lowest BCUT2D eigenvalue weighted by Crippen LogP contribution is -2.68. The quantitative estimate of drug-likeness (QED) is 0.416. The number of aliphatic carboxylic acids is 1. The zero-order valence-corrected chi connectivity index (χ0v) is 20.5. The molecular formula is C23H21ClF4N6O4. The summed E-state index contributed by atoms with van der Waals surface area (Å²) in [4.78, 5) is 22.2. The molecule has 1 fully saturated rings. The fourth-order valence-electron chi connectivity index (χ4n) is 4.07. The molecule has 4 N–H and O–H groups in total. The van der Waals surface area contributed by atoms with Crippen molar-refractivity contribution >= 4 is 23.5 Å². The van der Waals surface area contributed by atoms with E-state index in [-0.39, 0.29) is 11.9 Å². The number of aryl methyl sites for hydroxylation is 2. The minimum atomic E-state index is -5.09. The maximum atomic E-state index is 14.6. The van der Waals surface area contributed by atoms with E-state index in [0.29, 0.717) is 16.1 Å². The highest BCUT2D eigenvalue weighted by molar-refractivity contribution is 6.31. The minimum Gasteiger partial charge on any atom is -0.479 e. The molecule has 2 heterocycles. The molecule has 10 nitrogen and oxygen atoms in total. The smallest absolute Gasteiger partial charge is 0.471 e. The molecule has 0 spiro atoms. The number of ether oxygens (including phenoxy) is 1. The zero-order valence-electron chi connectivity index (χ0n) is 19.7. The van der Waals surface area contributed by atoms with Gasteiger partial charge in [0.2, 0.25) is 5.82 Å². The topological polar surface area (TPSA) is 145 Å². The normalized spacial score (nSPS) is 17.6. The van der Waals surface area contributed by atoms with Crippen molar-refractivity contribution in [3.63, 3.8) is 0 Å². The van der Waals surface area contributed by atoms with Crippen LogP contribution < -0.4 is 11.1 Å². The minimum absolute atomic E-state index is 0.0753. The van der Waals surface area contributed by atoms with Crippen LogP contribution >= 0.6 is 11.6 Å². The van der Waals surface area contributed by atoms with Gasteiger partial charge in [-0.2, -0.15) is 18.0 Å². The molecule has 0 saturated carbocycles. The third-order valence-electron chi connectivity index (χ3n) is 6.08. The molecule has 5 rings (SSSR count). The second-order valence-corrected chi connectivity index (χ2v) is 9.24. The molecule has 38 heavy (non-hydrogen) atoms. The van der Waals surface area contributed by atoms with Gasteiger partial charge in [0.25, 0.3) is 0 Å². The monoisotopic (exact) mass is 556 g/mol. The Labute approximate surface area is 217 Å². The van der Waals surface area contributed by atoms with Crippen LogP contribution in [0.25, 0.3) is 22.5 Å². The third-order valence-corrected chi connectivity index (χ3v) is 6.30. The van der Waals surface area contributed by atoms with Crippen molar-refractivity contribution in [2.24, 2.45) is 12.8 Å². The maximum absolute atomic E-state index is 14.6. The van der Waals surface area contributed by atoms with Crippen LogP contribution in [0.4, 0.5) is 17.6 Å². The van der Waals surface area contributed by atoms with Gasteiger partial charge in [0.1, 0.15) is 5.82 Å². The van der Waals surface area contributed by atoms with Crippen molar-refractivity contribution in [1.29, 1.82) is 0 Å². The second kappa shape index (κ2) is 10.3. The van der Waals surface area contributed by atoms with Gasteiger partial charge < -0.3 is 20.9 Å². The number of carbonyl (C=O) groups is 2. The molecule has 1 aliphatic heterocycles. The number of rotatable bonds is 4. The second-order valence-electron chi connectivity index (χ2n) is 8.80. The first-order chi connectivity index (χ1) is 17.8. The van der Waals surface area contributed by atoms with Gasteiger partial charge in [-0.1, -0.05) is 29.8 Å². The van der Waals surface area contributed by atoms with Crippen molar-refractivity contribution in [2.45, 2.75) is 30.6 Å². The Balaban J connectivity index is 0.000000206. The van der Waals surface area contributed by atoms with Gasteiger partial charge >= 0.3 is 18.1 Å². The van der Waals surface area contributed by atoms with E-state index in [9.17, 15) is 27.2 Å². The standard InChI is InChI=1S/C17H15ClFN5.C6H6F3NO4/c1-24-22-17(21-23-24)16-13(7-11(18)8-14(16)19)10-2-4-12-9(6-10)3-5-15(12)20;7-6(8,9)3(11)10-5(4(12)13)1-14-2-5/h2,4,6-8,15H,3,5,20H2,1H3;1-2H2,(H,10,11)(H,12,13)/t15-;/m0./s1. The summed E-state index contributed by atoms with van der Waals surface area (Å²) in [6.07, 6.45) is -3.23. The number of carboxylic acid groups (broad SMARTS) is 1. The average Bonchev–Trinajstić information content (AvgIpc) is 3.40. The largest absolute Gasteiger partial charge is 0.479 e. The first-order valence-electron chi connectivity index (χ1n) is 11.1. The predicted octanol–water partition coefficient (Wildman–Crippen LogP) is 2.80. The molecule has 1 atom stereocenters. The van der Waals surface area contributed by atoms with Gasteiger partial charge in [0.15, 0.2) is 5.54 Å². The molecule has 2 aromatic carbocycles. The summed E-state index contributed by atoms with van der Waals surface area (Å²) < 4.78 is 54.3. The Morgan fingerprint density at radius 2 is 1.97 bits per heavy atom. The molecule has 1 amide bonds. The highest BCUT2D eigenvalue weighted by Crippen LogP contribution is 2.38. The highest BCUT2D eigenvalue weighted by atomic mass is 35.5. The van der Waals surface area contributed by atoms with Crippen molar-refractivity contribution in [3.05, 3.63) is 52.3 Å². The molecule has 2 aliphatic rings. The Morgan fingerprint density at radius 1 is 1.26 bits per heavy atom. The molecule has 0 unspecified atom stereocenters. The number of alkyl halides is 3. The summed E-state index contributed by atoms with van der Waals surface area (Å²) >= 11 is 6.08. The number of carbonyl (C=O) groups excluding carboxylic acids is 1. The van der Waals surface area contributed by atoms with E-state index in [1.54, 1.807) is 13.1 Å². The molecule has 3 aromatic rings. The number of tetrazole rings is 1. The molecule has 202 valence electrons. The highest BCUT2D eigenvalue weighted by Gasteiger charge is 2.52. The molecule has 1 aromatic heterocycles. The number of nitrogens with zero attached hydrogens (tertiary/aromatic N) is 4. The number of nitrogens with two attached hydrogens (primary N) is 1. The van der Waals surface area contributed by atoms with Crippen LogP contribution in [0.5, 0.6) is 0 Å². The lowest BCUT2D eigenvalue weighted by Gasteiger charge is -2.37. The first kappa shape index (κ1) is 27.4. The van der Waals surface area contributed by atoms with E-state index >= 15 is 0 Å². The number of fused-ring (bicyclic) bond motifs is 1. The summed E-state index contributed by atoms with van der Waals surface area (Å²) in [5.41, 5.74) is 8.33. The van der Waals surface area contributed by atoms with Gasteiger partial charge in [-0.05, 0) is 52.4 Å². The summed E-state index contributed by atoms with van der Waals surface area (Å²) in [6, 6.07) is 9.07. The Kier molecular flexibility index (Phi) is 7.41. The Bertz CT molecular complexity index is 1390. The number of aromatic nitrogens is 4. The van der Waals surface area contributed by atoms with Gasteiger partial charge in [-0.3, -0.25) is 4.79 Å². The summed E-state index contributed by atoms with van der Waals surface area (Å²) in [5, 5.41) is 22.1. The van der Waals surface area contributed by atoms with E-state index in [1.165, 1.54) is 21.7 Å². The van der Waals surface area contributed by atoms with Gasteiger partial charge in [0.05, 0.1) is 25.8 Å². The molecule has 0 radical (unpaired) electrons. The Morgan fingerprint density at radius 3 is 2.53 bits per heavy atom. The summed E-state index contributed by atoms with van der Waals surface area (Å²) in [6.45, 7) is -0.908. The lowest BCUT2D eigenvalue weighted by molar-refractivity contribution is -0.188. The van der Waals surface area contributed by atoms with Crippen LogP contribution in [0.15, 0.2) is 30.3 Å². The number of nitrogens with one attached hydrogen (secondary N) is 1. The van der Waals surface area contributed by atoms with Crippen LogP contribution in [-0.2, 0) is 27.8 Å². The number of halogens is 5. The van der Waals surface area contributed by atoms with Crippen LogP contribution in [0.1, 0.15) is 23.6 Å². The first-order valence-corrected chi connectivity index (χ1v) is 11.5. The van der Waals surface area contributed by atoms with Crippen molar-refractivity contribution < 1.29 is 37.0 Å². The average molecular weight is 557 g/mol. The third kappa shape index (κ3) is 5.47. The van der Waals surface area contributed by atoms with Crippen LogP contribution in [-0.4, -0.2) is 62.1 Å². The van der Waals surface area contributed by atoms with Crippen molar-refractivity contribution in [2.75, 3.05) is 13.2 Å². The fourth-order valence-corrected chi connectivity index (χ4v) is 4.28. The zero-order chi connectivity index (χ0) is 27.8. The van der Waals surface area contributed by atoms with Crippen LogP contribution in [0.3, 0.4) is 0 Å². The molecular weight excluding hydrogens is 536 g/mol. The molecule has 1 aliphatic carbocycles. The van der Waals surface area contributed by atoms with E-state index in [1.807, 2.05) is 18.2 Å². The number of hydrogen-bond donors (Lipinski definition) is 3. The summed E-state index contributed by atoms with van der Waals surface area (Å²) in [7, 11) is 1.64. The molecule has 0 bridgehead atoms. The predicted molar refractivity (Wildman–Crippen MR) is 125 cm³/mol. The lowest BCUT2D eigenvalue weighted by atomic mass is 9.95. The SMILES string of the molecule is Cn1nnc(-c2c(F)cc(Cl)cc2-c2ccc3c(c2)CC[C@@H]3N)n1.O=C(NC1(C(=O)O)COC1)C(F)(F)F. The van der Waals surface area contributed by atoms with Gasteiger partial charge in [-0.25, -0.2) is 9.18 Å². The van der Waals surface area contributed by atoms with Crippen LogP contribution in [0, 0.1) is 5.82 Å². The number of amides is 1. The van der Waals surface area contributed by atoms with E-state index in [2.05, 4.69) is 20.1 Å². The Hall–Kier alpha value is -3.62. The van der Waals surface area contributed by atoms with E-state index in [0.717, 1.165) is 24.0 Å². The van der Waals surface area contributed by atoms with Crippen LogP contribution in [0.2, 0.25) is 5.02 Å². The summed E-state index contributed by atoms with van der Waals surface area (Å²) in [5.74, 6) is -4.05. The number of benzene rings is 2. The number of hydrogen-bond acceptors (Lipinski definition) is 7. The molecule has 15 heteroatoms. The fraction of sp³-hybridized carbons (Fsp3) is 0.348. The van der Waals surface area contributed by atoms with E-state index in [4.69, 9.17) is 22.4 Å². The maximum Gasteiger partial charge on any atom is 0.471 e. The van der Waals surface area contributed by atoms with Crippen molar-refractivity contribution in [1.82, 2.24) is 25.5 Å². The van der Waals surface area contributed by atoms with Gasteiger partial charge in [0, 0.05) is 11.1 Å². The van der Waals surface area contributed by atoms with Crippen molar-refractivity contribution in [3.8, 4) is 22.5 Å². The molecule has 1 saturated heterocycles.